The molecule has 0 aliphatic rings. The zero-order valence-corrected chi connectivity index (χ0v) is 10.2. The highest BCUT2D eigenvalue weighted by molar-refractivity contribution is 5.68. The average molecular weight is 239 g/mol. The maximum absolute atomic E-state index is 11.5. The van der Waals surface area contributed by atoms with E-state index in [1.54, 1.807) is 19.1 Å². The molecule has 0 spiro atoms. The number of carbonyl (C=O) groups is 1. The lowest BCUT2D eigenvalue weighted by Gasteiger charge is -2.31. The van der Waals surface area contributed by atoms with Crippen molar-refractivity contribution in [2.45, 2.75) is 12.8 Å². The molecule has 5 heteroatoms. The second kappa shape index (κ2) is 6.22. The predicted octanol–water partition coefficient (Wildman–Crippen LogP) is 1.84. The summed E-state index contributed by atoms with van der Waals surface area (Å²) >= 11 is 0. The number of hydrogen-bond acceptors (Lipinski definition) is 4. The van der Waals surface area contributed by atoms with Crippen LogP contribution in [0, 0.1) is 0 Å². The van der Waals surface area contributed by atoms with E-state index in [2.05, 4.69) is 5.32 Å². The largest absolute Gasteiger partial charge is 0.450 e. The summed E-state index contributed by atoms with van der Waals surface area (Å²) < 4.78 is 15.3. The van der Waals surface area contributed by atoms with Gasteiger partial charge in [0, 0.05) is 19.8 Å². The topological polar surface area (TPSA) is 56.8 Å². The van der Waals surface area contributed by atoms with Crippen molar-refractivity contribution in [3.05, 3.63) is 35.9 Å². The maximum atomic E-state index is 11.5. The van der Waals surface area contributed by atoms with Crippen LogP contribution in [0.4, 0.5) is 4.79 Å². The van der Waals surface area contributed by atoms with Crippen LogP contribution in [0.1, 0.15) is 12.5 Å². The van der Waals surface area contributed by atoms with E-state index in [0.29, 0.717) is 5.56 Å². The van der Waals surface area contributed by atoms with Crippen molar-refractivity contribution >= 4 is 6.09 Å². The average Bonchev–Trinajstić information content (AvgIpc) is 2.37. The Morgan fingerprint density at radius 1 is 1.24 bits per heavy atom. The van der Waals surface area contributed by atoms with Gasteiger partial charge in [-0.15, -0.1) is 0 Å². The van der Waals surface area contributed by atoms with E-state index in [9.17, 15) is 4.79 Å². The summed E-state index contributed by atoms with van der Waals surface area (Å²) in [6, 6.07) is 9.10. The Balaban J connectivity index is 2.93. The van der Waals surface area contributed by atoms with Crippen LogP contribution in [-0.2, 0) is 20.1 Å². The molecule has 1 aromatic carbocycles. The van der Waals surface area contributed by atoms with E-state index in [1.807, 2.05) is 18.2 Å². The molecule has 0 saturated heterocycles. The molecule has 0 bridgehead atoms. The Hall–Kier alpha value is -1.59. The maximum Gasteiger partial charge on any atom is 0.411 e. The van der Waals surface area contributed by atoms with Gasteiger partial charge in [0.2, 0.25) is 0 Å². The first-order valence-corrected chi connectivity index (χ1v) is 5.29. The number of nitrogens with one attached hydrogen (secondary N) is 1. The predicted molar refractivity (Wildman–Crippen MR) is 62.3 cm³/mol. The first-order valence-electron chi connectivity index (χ1n) is 5.29. The molecule has 0 aromatic heterocycles. The van der Waals surface area contributed by atoms with Crippen molar-refractivity contribution in [1.82, 2.24) is 5.32 Å². The smallest absolute Gasteiger partial charge is 0.411 e. The molecule has 0 heterocycles. The van der Waals surface area contributed by atoms with Crippen molar-refractivity contribution in [3.8, 4) is 0 Å². The monoisotopic (exact) mass is 239 g/mol. The lowest BCUT2D eigenvalue weighted by molar-refractivity contribution is -0.231. The van der Waals surface area contributed by atoms with Crippen molar-refractivity contribution in [2.24, 2.45) is 0 Å². The molecule has 0 aliphatic heterocycles. The second-order valence-electron chi connectivity index (χ2n) is 3.24. The van der Waals surface area contributed by atoms with Crippen LogP contribution in [-0.4, -0.2) is 26.9 Å². The number of hydrogen-bond donors (Lipinski definition) is 1. The van der Waals surface area contributed by atoms with Gasteiger partial charge < -0.3 is 14.2 Å². The van der Waals surface area contributed by atoms with Crippen LogP contribution in [0.25, 0.3) is 0 Å². The third-order valence-electron chi connectivity index (χ3n) is 2.27. The van der Waals surface area contributed by atoms with E-state index in [1.165, 1.54) is 14.2 Å². The summed E-state index contributed by atoms with van der Waals surface area (Å²) in [6.07, 6.45) is -0.597. The number of alkyl carbamates (subject to hydrolysis) is 1. The number of carbonyl (C=O) groups excluding carboxylic acids is 1. The molecule has 0 radical (unpaired) electrons. The Bertz CT molecular complexity index is 349. The summed E-state index contributed by atoms with van der Waals surface area (Å²) in [5.74, 6) is -1.33. The summed E-state index contributed by atoms with van der Waals surface area (Å²) in [5, 5.41) is 2.54. The molecular formula is C12H17NO4. The molecule has 0 atom stereocenters. The molecule has 1 aromatic rings. The van der Waals surface area contributed by atoms with E-state index in [4.69, 9.17) is 14.2 Å². The second-order valence-corrected chi connectivity index (χ2v) is 3.24. The van der Waals surface area contributed by atoms with Gasteiger partial charge in [0.05, 0.1) is 6.61 Å². The van der Waals surface area contributed by atoms with Gasteiger partial charge in [0.25, 0.3) is 5.91 Å². The van der Waals surface area contributed by atoms with E-state index >= 15 is 0 Å². The normalized spacial score (nSPS) is 11.0. The van der Waals surface area contributed by atoms with Crippen LogP contribution in [0.3, 0.4) is 0 Å². The number of benzene rings is 1. The highest BCUT2D eigenvalue weighted by Crippen LogP contribution is 2.22. The van der Waals surface area contributed by atoms with Crippen LogP contribution in [0.5, 0.6) is 0 Å². The molecule has 5 nitrogen and oxygen atoms in total. The highest BCUT2D eigenvalue weighted by atomic mass is 16.7. The number of ether oxygens (including phenoxy) is 3. The van der Waals surface area contributed by atoms with Crippen LogP contribution in [0.15, 0.2) is 30.3 Å². The fourth-order valence-electron chi connectivity index (χ4n) is 1.45. The van der Waals surface area contributed by atoms with Gasteiger partial charge in [-0.2, -0.15) is 0 Å². The van der Waals surface area contributed by atoms with Crippen LogP contribution >= 0.6 is 0 Å². The fraction of sp³-hybridized carbons (Fsp3) is 0.417. The summed E-state index contributed by atoms with van der Waals surface area (Å²) in [6.45, 7) is 2.01. The van der Waals surface area contributed by atoms with Crippen LogP contribution < -0.4 is 5.32 Å². The zero-order valence-electron chi connectivity index (χ0n) is 10.2. The van der Waals surface area contributed by atoms with Crippen molar-refractivity contribution < 1.29 is 19.0 Å². The third-order valence-corrected chi connectivity index (χ3v) is 2.27. The summed E-state index contributed by atoms with van der Waals surface area (Å²) in [7, 11) is 2.89. The highest BCUT2D eigenvalue weighted by Gasteiger charge is 2.34. The zero-order chi connectivity index (χ0) is 12.7. The summed E-state index contributed by atoms with van der Waals surface area (Å²) in [4.78, 5) is 11.5. The minimum Gasteiger partial charge on any atom is -0.450 e. The molecule has 0 aliphatic carbocycles. The SMILES string of the molecule is CCOC(=O)NC(OC)(OC)c1ccccc1. The number of rotatable bonds is 5. The minimum absolute atomic E-state index is 0.282. The number of amides is 1. The molecule has 1 amide bonds. The first-order chi connectivity index (χ1) is 8.18. The Morgan fingerprint density at radius 2 is 1.82 bits per heavy atom. The molecule has 0 saturated carbocycles. The lowest BCUT2D eigenvalue weighted by atomic mass is 10.1. The van der Waals surface area contributed by atoms with E-state index < -0.39 is 12.0 Å². The van der Waals surface area contributed by atoms with Crippen LogP contribution in [0.2, 0.25) is 0 Å². The van der Waals surface area contributed by atoms with Gasteiger partial charge in [0.15, 0.2) is 0 Å². The van der Waals surface area contributed by atoms with Gasteiger partial charge in [-0.05, 0) is 6.92 Å². The molecular weight excluding hydrogens is 222 g/mol. The molecule has 1 rings (SSSR count). The van der Waals surface area contributed by atoms with E-state index in [0.717, 1.165) is 0 Å². The van der Waals surface area contributed by atoms with Crippen molar-refractivity contribution in [3.63, 3.8) is 0 Å². The molecule has 0 unspecified atom stereocenters. The first kappa shape index (κ1) is 13.5. The van der Waals surface area contributed by atoms with Gasteiger partial charge >= 0.3 is 6.09 Å². The molecule has 94 valence electrons. The standard InChI is InChI=1S/C12H17NO4/c1-4-17-11(14)13-12(15-2,16-3)10-8-6-5-7-9-10/h5-9H,4H2,1-3H3,(H,13,14). The summed E-state index contributed by atoms with van der Waals surface area (Å²) in [5.41, 5.74) is 0.679. The Morgan fingerprint density at radius 3 is 2.29 bits per heavy atom. The van der Waals surface area contributed by atoms with Gasteiger partial charge in [-0.1, -0.05) is 30.3 Å². The van der Waals surface area contributed by atoms with Gasteiger partial charge in [-0.25, -0.2) is 4.79 Å². The quantitative estimate of drug-likeness (QED) is 0.796. The third kappa shape index (κ3) is 3.18. The van der Waals surface area contributed by atoms with Crippen molar-refractivity contribution in [1.29, 1.82) is 0 Å². The van der Waals surface area contributed by atoms with Gasteiger partial charge in [-0.3, -0.25) is 5.32 Å². The molecule has 0 fully saturated rings. The fourth-order valence-corrected chi connectivity index (χ4v) is 1.45. The lowest BCUT2D eigenvalue weighted by Crippen LogP contribution is -2.49. The molecule has 1 N–H and O–H groups in total. The number of methoxy groups -OCH3 is 2. The Labute approximate surface area is 101 Å². The van der Waals surface area contributed by atoms with Gasteiger partial charge in [0.1, 0.15) is 0 Å². The van der Waals surface area contributed by atoms with Crippen molar-refractivity contribution in [2.75, 3.05) is 20.8 Å². The Kier molecular flexibility index (Phi) is 4.93. The minimum atomic E-state index is -1.33. The van der Waals surface area contributed by atoms with E-state index in [-0.39, 0.29) is 6.61 Å². The molecule has 17 heavy (non-hydrogen) atoms.